The lowest BCUT2D eigenvalue weighted by Gasteiger charge is -2.05. The summed E-state index contributed by atoms with van der Waals surface area (Å²) in [7, 11) is 1.93. The van der Waals surface area contributed by atoms with Gasteiger partial charge in [0.25, 0.3) is 5.91 Å². The molecule has 0 unspecified atom stereocenters. The summed E-state index contributed by atoms with van der Waals surface area (Å²) in [5.74, 6) is -0.127. The third-order valence-electron chi connectivity index (χ3n) is 2.80. The van der Waals surface area contributed by atoms with Gasteiger partial charge in [-0.05, 0) is 12.1 Å². The Labute approximate surface area is 108 Å². The van der Waals surface area contributed by atoms with Gasteiger partial charge in [-0.1, -0.05) is 12.1 Å². The molecule has 0 fully saturated rings. The number of anilines is 1. The summed E-state index contributed by atoms with van der Waals surface area (Å²) in [4.78, 5) is 16.3. The molecule has 3 aromatic rings. The maximum absolute atomic E-state index is 12.2. The number of hydrogen-bond acceptors (Lipinski definition) is 3. The number of amides is 1. The van der Waals surface area contributed by atoms with Gasteiger partial charge in [0.1, 0.15) is 0 Å². The maximum Gasteiger partial charge on any atom is 0.259 e. The van der Waals surface area contributed by atoms with E-state index < -0.39 is 0 Å². The van der Waals surface area contributed by atoms with Gasteiger partial charge in [-0.25, -0.2) is 4.98 Å². The Morgan fingerprint density at radius 2 is 2.28 bits per heavy atom. The molecule has 90 valence electrons. The predicted octanol–water partition coefficient (Wildman–Crippen LogP) is 2.89. The average molecular weight is 257 g/mol. The van der Waals surface area contributed by atoms with Gasteiger partial charge in [-0.3, -0.25) is 10.1 Å². The molecular formula is C13H11N3OS. The van der Waals surface area contributed by atoms with Crippen LogP contribution >= 0.6 is 11.3 Å². The molecule has 0 radical (unpaired) electrons. The largest absolute Gasteiger partial charge is 0.350 e. The Kier molecular flexibility index (Phi) is 2.60. The lowest BCUT2D eigenvalue weighted by atomic mass is 10.1. The van der Waals surface area contributed by atoms with E-state index in [1.54, 1.807) is 6.20 Å². The molecule has 0 aliphatic carbocycles. The molecule has 0 saturated carbocycles. The van der Waals surface area contributed by atoms with Gasteiger partial charge in [0.15, 0.2) is 5.13 Å². The summed E-state index contributed by atoms with van der Waals surface area (Å²) in [6, 6.07) is 7.70. The second kappa shape index (κ2) is 4.27. The highest BCUT2D eigenvalue weighted by atomic mass is 32.1. The number of nitrogens with zero attached hydrogens (tertiary/aromatic N) is 2. The zero-order chi connectivity index (χ0) is 12.5. The van der Waals surface area contributed by atoms with Gasteiger partial charge in [0.05, 0.1) is 11.1 Å². The predicted molar refractivity (Wildman–Crippen MR) is 73.0 cm³/mol. The Morgan fingerprint density at radius 1 is 1.39 bits per heavy atom. The number of hydrogen-bond donors (Lipinski definition) is 1. The SMILES string of the molecule is Cn1ccc2cccc(C(=O)Nc3nccs3)c21. The Morgan fingerprint density at radius 3 is 3.06 bits per heavy atom. The average Bonchev–Trinajstić information content (AvgIpc) is 2.99. The zero-order valence-corrected chi connectivity index (χ0v) is 10.6. The van der Waals surface area contributed by atoms with E-state index in [1.165, 1.54) is 11.3 Å². The second-order valence-corrected chi connectivity index (χ2v) is 4.86. The number of aryl methyl sites for hydroxylation is 1. The molecule has 1 aromatic carbocycles. The second-order valence-electron chi connectivity index (χ2n) is 3.96. The molecule has 2 aromatic heterocycles. The number of aromatic nitrogens is 2. The number of nitrogens with one attached hydrogen (secondary N) is 1. The van der Waals surface area contributed by atoms with Crippen LogP contribution in [0.5, 0.6) is 0 Å². The fourth-order valence-electron chi connectivity index (χ4n) is 1.99. The van der Waals surface area contributed by atoms with Crippen molar-refractivity contribution < 1.29 is 4.79 Å². The van der Waals surface area contributed by atoms with E-state index in [9.17, 15) is 4.79 Å². The minimum atomic E-state index is -0.127. The highest BCUT2D eigenvalue weighted by Crippen LogP contribution is 2.21. The number of carbonyl (C=O) groups is 1. The van der Waals surface area contributed by atoms with Gasteiger partial charge in [-0.15, -0.1) is 11.3 Å². The number of benzene rings is 1. The topological polar surface area (TPSA) is 46.9 Å². The number of thiazole rings is 1. The van der Waals surface area contributed by atoms with E-state index in [4.69, 9.17) is 0 Å². The number of para-hydroxylation sites is 1. The van der Waals surface area contributed by atoms with E-state index in [0.29, 0.717) is 10.7 Å². The van der Waals surface area contributed by atoms with Gasteiger partial charge in [-0.2, -0.15) is 0 Å². The third-order valence-corrected chi connectivity index (χ3v) is 3.48. The van der Waals surface area contributed by atoms with Crippen molar-refractivity contribution in [1.82, 2.24) is 9.55 Å². The van der Waals surface area contributed by atoms with E-state index >= 15 is 0 Å². The van der Waals surface area contributed by atoms with Gasteiger partial charge < -0.3 is 4.57 Å². The first-order chi connectivity index (χ1) is 8.75. The number of fused-ring (bicyclic) bond motifs is 1. The summed E-state index contributed by atoms with van der Waals surface area (Å²) in [5.41, 5.74) is 1.60. The first-order valence-corrected chi connectivity index (χ1v) is 6.38. The molecule has 3 rings (SSSR count). The normalized spacial score (nSPS) is 10.7. The van der Waals surface area contributed by atoms with Crippen LogP contribution in [-0.2, 0) is 7.05 Å². The van der Waals surface area contributed by atoms with Crippen LogP contribution in [0.1, 0.15) is 10.4 Å². The monoisotopic (exact) mass is 257 g/mol. The van der Waals surface area contributed by atoms with Crippen LogP contribution in [-0.4, -0.2) is 15.5 Å². The fourth-order valence-corrected chi connectivity index (χ4v) is 2.51. The van der Waals surface area contributed by atoms with Crippen molar-refractivity contribution in [3.05, 3.63) is 47.6 Å². The van der Waals surface area contributed by atoms with Gasteiger partial charge in [0.2, 0.25) is 0 Å². The number of carbonyl (C=O) groups excluding carboxylic acids is 1. The first kappa shape index (κ1) is 11.0. The molecule has 1 amide bonds. The van der Waals surface area contributed by atoms with Crippen molar-refractivity contribution in [2.45, 2.75) is 0 Å². The standard InChI is InChI=1S/C13H11N3OS/c1-16-7-5-9-3-2-4-10(11(9)16)12(17)15-13-14-6-8-18-13/h2-8H,1H3,(H,14,15,17). The molecule has 5 heteroatoms. The van der Waals surface area contributed by atoms with Crippen LogP contribution in [0.2, 0.25) is 0 Å². The molecule has 0 aliphatic rings. The molecule has 0 spiro atoms. The third kappa shape index (κ3) is 1.78. The van der Waals surface area contributed by atoms with Crippen LogP contribution in [0.3, 0.4) is 0 Å². The number of rotatable bonds is 2. The summed E-state index contributed by atoms with van der Waals surface area (Å²) in [5, 5.41) is 6.31. The molecule has 2 heterocycles. The molecule has 0 bridgehead atoms. The first-order valence-electron chi connectivity index (χ1n) is 5.50. The van der Waals surface area contributed by atoms with Crippen molar-refractivity contribution in [2.75, 3.05) is 5.32 Å². The van der Waals surface area contributed by atoms with Gasteiger partial charge in [0, 0.05) is 30.2 Å². The summed E-state index contributed by atoms with van der Waals surface area (Å²) in [6.45, 7) is 0. The molecule has 4 nitrogen and oxygen atoms in total. The van der Waals surface area contributed by atoms with Crippen molar-refractivity contribution in [1.29, 1.82) is 0 Å². The van der Waals surface area contributed by atoms with E-state index in [0.717, 1.165) is 10.9 Å². The van der Waals surface area contributed by atoms with Crippen molar-refractivity contribution >= 4 is 33.3 Å². The highest BCUT2D eigenvalue weighted by Gasteiger charge is 2.13. The smallest absolute Gasteiger partial charge is 0.259 e. The maximum atomic E-state index is 12.2. The molecular weight excluding hydrogens is 246 g/mol. The van der Waals surface area contributed by atoms with Crippen LogP contribution in [0.25, 0.3) is 10.9 Å². The lowest BCUT2D eigenvalue weighted by molar-refractivity contribution is 0.102. The minimum Gasteiger partial charge on any atom is -0.350 e. The van der Waals surface area contributed by atoms with E-state index in [1.807, 2.05) is 47.5 Å². The summed E-state index contributed by atoms with van der Waals surface area (Å²) in [6.07, 6.45) is 3.62. The van der Waals surface area contributed by atoms with Crippen LogP contribution in [0.4, 0.5) is 5.13 Å². The van der Waals surface area contributed by atoms with Crippen LogP contribution in [0, 0.1) is 0 Å². The van der Waals surface area contributed by atoms with Crippen molar-refractivity contribution in [3.8, 4) is 0 Å². The minimum absolute atomic E-state index is 0.127. The quantitative estimate of drug-likeness (QED) is 0.767. The highest BCUT2D eigenvalue weighted by molar-refractivity contribution is 7.13. The summed E-state index contributed by atoms with van der Waals surface area (Å²) < 4.78 is 1.95. The fraction of sp³-hybridized carbons (Fsp3) is 0.0769. The van der Waals surface area contributed by atoms with Crippen LogP contribution < -0.4 is 5.32 Å². The van der Waals surface area contributed by atoms with Crippen LogP contribution in [0.15, 0.2) is 42.0 Å². The molecule has 0 saturated heterocycles. The Bertz CT molecular complexity index is 700. The Hall–Kier alpha value is -2.14. The molecule has 0 atom stereocenters. The van der Waals surface area contributed by atoms with Gasteiger partial charge >= 0.3 is 0 Å². The van der Waals surface area contributed by atoms with E-state index in [2.05, 4.69) is 10.3 Å². The zero-order valence-electron chi connectivity index (χ0n) is 9.75. The molecule has 0 aliphatic heterocycles. The van der Waals surface area contributed by atoms with Crippen molar-refractivity contribution in [3.63, 3.8) is 0 Å². The molecule has 1 N–H and O–H groups in total. The van der Waals surface area contributed by atoms with Crippen molar-refractivity contribution in [2.24, 2.45) is 7.05 Å². The Balaban J connectivity index is 2.03. The lowest BCUT2D eigenvalue weighted by Crippen LogP contribution is -2.12. The van der Waals surface area contributed by atoms with E-state index in [-0.39, 0.29) is 5.91 Å². The summed E-state index contributed by atoms with van der Waals surface area (Å²) >= 11 is 1.41. The molecule has 18 heavy (non-hydrogen) atoms.